The number of amides is 3. The fourth-order valence-electron chi connectivity index (χ4n) is 3.75. The normalized spacial score (nSPS) is 22.1. The molecule has 0 spiro atoms. The Morgan fingerprint density at radius 2 is 1.73 bits per heavy atom. The van der Waals surface area contributed by atoms with Crippen LogP contribution < -0.4 is 10.6 Å². The number of nitrogens with one attached hydrogen (secondary N) is 2. The molecular weight excluding hydrogens is 384 g/mol. The largest absolute Gasteiger partial charge is 0.352 e. The van der Waals surface area contributed by atoms with Gasteiger partial charge in [-0.3, -0.25) is 14.4 Å². The van der Waals surface area contributed by atoms with Crippen molar-refractivity contribution in [1.82, 2.24) is 20.4 Å². The van der Waals surface area contributed by atoms with Crippen LogP contribution in [-0.2, 0) is 25.5 Å². The van der Waals surface area contributed by atoms with Gasteiger partial charge in [-0.05, 0) is 31.5 Å². The van der Waals surface area contributed by atoms with Gasteiger partial charge >= 0.3 is 0 Å². The first kappa shape index (κ1) is 22.2. The van der Waals surface area contributed by atoms with Gasteiger partial charge in [0.05, 0.1) is 0 Å². The number of carbonyl (C=O) groups is 3. The van der Waals surface area contributed by atoms with Crippen molar-refractivity contribution in [2.75, 3.05) is 40.3 Å². The molecule has 3 atom stereocenters. The van der Waals surface area contributed by atoms with Crippen LogP contribution in [0.2, 0.25) is 0 Å². The number of likely N-dealkylation sites (tertiary alicyclic amines) is 1. The van der Waals surface area contributed by atoms with Gasteiger partial charge in [-0.25, -0.2) is 0 Å². The Morgan fingerprint density at radius 1 is 1.07 bits per heavy atom. The zero-order valence-corrected chi connectivity index (χ0v) is 17.8. The van der Waals surface area contributed by atoms with Crippen molar-refractivity contribution in [1.29, 1.82) is 0 Å². The Bertz CT molecular complexity index is 734. The highest BCUT2D eigenvalue weighted by molar-refractivity contribution is 5.97. The Kier molecular flexibility index (Phi) is 7.81. The SMILES string of the molecule is CN(C)C(=O)[C@H](Cc1ccccc1)NC(=O)C1OC1C(=O)NCCN1CCCCC1. The lowest BCUT2D eigenvalue weighted by molar-refractivity contribution is -0.134. The van der Waals surface area contributed by atoms with E-state index in [2.05, 4.69) is 15.5 Å². The fourth-order valence-corrected chi connectivity index (χ4v) is 3.75. The van der Waals surface area contributed by atoms with E-state index < -0.39 is 24.2 Å². The van der Waals surface area contributed by atoms with Crippen LogP contribution in [0.4, 0.5) is 0 Å². The maximum absolute atomic E-state index is 12.6. The summed E-state index contributed by atoms with van der Waals surface area (Å²) in [6.45, 7) is 3.50. The van der Waals surface area contributed by atoms with Crippen LogP contribution in [0.5, 0.6) is 0 Å². The Hall–Kier alpha value is -2.45. The number of likely N-dealkylation sites (N-methyl/N-ethyl adjacent to an activating group) is 1. The van der Waals surface area contributed by atoms with E-state index in [0.29, 0.717) is 13.0 Å². The molecular formula is C22H32N4O4. The second-order valence-corrected chi connectivity index (χ2v) is 8.15. The van der Waals surface area contributed by atoms with Gasteiger partial charge in [-0.1, -0.05) is 36.8 Å². The maximum Gasteiger partial charge on any atom is 0.253 e. The summed E-state index contributed by atoms with van der Waals surface area (Å²) in [4.78, 5) is 41.2. The molecule has 2 aliphatic rings. The van der Waals surface area contributed by atoms with E-state index in [4.69, 9.17) is 4.74 Å². The molecule has 0 aromatic heterocycles. The molecule has 30 heavy (non-hydrogen) atoms. The van der Waals surface area contributed by atoms with Gasteiger partial charge in [0, 0.05) is 33.6 Å². The van der Waals surface area contributed by atoms with Crippen LogP contribution in [-0.4, -0.2) is 86.0 Å². The van der Waals surface area contributed by atoms with Crippen molar-refractivity contribution in [3.05, 3.63) is 35.9 Å². The topological polar surface area (TPSA) is 94.3 Å². The molecule has 3 amide bonds. The average molecular weight is 417 g/mol. The summed E-state index contributed by atoms with van der Waals surface area (Å²) in [6.07, 6.45) is 2.45. The van der Waals surface area contributed by atoms with Crippen molar-refractivity contribution in [3.63, 3.8) is 0 Å². The van der Waals surface area contributed by atoms with E-state index in [1.807, 2.05) is 30.3 Å². The van der Waals surface area contributed by atoms with Crippen molar-refractivity contribution in [2.24, 2.45) is 0 Å². The summed E-state index contributed by atoms with van der Waals surface area (Å²) >= 11 is 0. The minimum atomic E-state index is -0.840. The third-order valence-electron chi connectivity index (χ3n) is 5.52. The monoisotopic (exact) mass is 416 g/mol. The molecule has 0 saturated carbocycles. The second-order valence-electron chi connectivity index (χ2n) is 8.15. The Morgan fingerprint density at radius 3 is 2.40 bits per heavy atom. The highest BCUT2D eigenvalue weighted by Gasteiger charge is 2.50. The molecule has 1 aromatic carbocycles. The molecule has 1 aromatic rings. The molecule has 2 unspecified atom stereocenters. The number of hydrogen-bond acceptors (Lipinski definition) is 5. The minimum absolute atomic E-state index is 0.199. The molecule has 0 aliphatic carbocycles. The van der Waals surface area contributed by atoms with E-state index >= 15 is 0 Å². The Balaban J connectivity index is 1.46. The third-order valence-corrected chi connectivity index (χ3v) is 5.52. The zero-order chi connectivity index (χ0) is 21.5. The highest BCUT2D eigenvalue weighted by atomic mass is 16.6. The molecule has 0 radical (unpaired) electrons. The highest BCUT2D eigenvalue weighted by Crippen LogP contribution is 2.23. The van der Waals surface area contributed by atoms with Gasteiger partial charge in [0.15, 0.2) is 12.2 Å². The maximum atomic E-state index is 12.6. The van der Waals surface area contributed by atoms with Gasteiger partial charge in [0.2, 0.25) is 5.91 Å². The van der Waals surface area contributed by atoms with Crippen LogP contribution >= 0.6 is 0 Å². The number of hydrogen-bond donors (Lipinski definition) is 2. The van der Waals surface area contributed by atoms with Gasteiger partial charge < -0.3 is 25.2 Å². The van der Waals surface area contributed by atoms with Crippen LogP contribution in [0.25, 0.3) is 0 Å². The molecule has 2 heterocycles. The predicted octanol–water partition coefficient (Wildman–Crippen LogP) is 0.172. The van der Waals surface area contributed by atoms with Gasteiger partial charge in [-0.2, -0.15) is 0 Å². The summed E-state index contributed by atoms with van der Waals surface area (Å²) in [6, 6.07) is 8.80. The molecule has 0 bridgehead atoms. The molecule has 2 saturated heterocycles. The lowest BCUT2D eigenvalue weighted by Gasteiger charge is -2.26. The van der Waals surface area contributed by atoms with E-state index in [1.165, 1.54) is 24.2 Å². The van der Waals surface area contributed by atoms with E-state index in [1.54, 1.807) is 14.1 Å². The predicted molar refractivity (Wildman–Crippen MR) is 113 cm³/mol. The number of epoxide rings is 1. The van der Waals surface area contributed by atoms with Crippen molar-refractivity contribution >= 4 is 17.7 Å². The summed E-state index contributed by atoms with van der Waals surface area (Å²) in [5.74, 6) is -0.900. The molecule has 8 heteroatoms. The van der Waals surface area contributed by atoms with Gasteiger partial charge in [0.25, 0.3) is 11.8 Å². The first-order chi connectivity index (χ1) is 14.5. The van der Waals surface area contributed by atoms with Crippen molar-refractivity contribution in [2.45, 2.75) is 43.9 Å². The quantitative estimate of drug-likeness (QED) is 0.560. The number of ether oxygens (including phenoxy) is 1. The van der Waals surface area contributed by atoms with Crippen LogP contribution in [0.1, 0.15) is 24.8 Å². The van der Waals surface area contributed by atoms with Crippen LogP contribution in [0, 0.1) is 0 Å². The molecule has 164 valence electrons. The summed E-state index contributed by atoms with van der Waals surface area (Å²) in [5.41, 5.74) is 0.946. The molecule has 2 N–H and O–H groups in total. The van der Waals surface area contributed by atoms with Crippen molar-refractivity contribution < 1.29 is 19.1 Å². The van der Waals surface area contributed by atoms with Crippen LogP contribution in [0.15, 0.2) is 30.3 Å². The number of benzene rings is 1. The van der Waals surface area contributed by atoms with Gasteiger partial charge in [-0.15, -0.1) is 0 Å². The fraction of sp³-hybridized carbons (Fsp3) is 0.591. The number of rotatable bonds is 9. The standard InChI is InChI=1S/C22H32N4O4/c1-25(2)22(29)17(15-16-9-5-3-6-10-16)24-21(28)19-18(30-19)20(27)23-11-14-26-12-7-4-8-13-26/h3,5-6,9-10,17-19H,4,7-8,11-15H2,1-2H3,(H,23,27)(H,24,28)/t17-,18?,19?/m0/s1. The minimum Gasteiger partial charge on any atom is -0.352 e. The number of carbonyl (C=O) groups excluding carboxylic acids is 3. The number of piperidine rings is 1. The Labute approximate surface area is 177 Å². The third kappa shape index (κ3) is 6.27. The summed E-state index contributed by atoms with van der Waals surface area (Å²) in [5, 5.41) is 5.61. The van der Waals surface area contributed by atoms with E-state index in [-0.39, 0.29) is 11.8 Å². The first-order valence-electron chi connectivity index (χ1n) is 10.7. The molecule has 8 nitrogen and oxygen atoms in total. The molecule has 3 rings (SSSR count). The van der Waals surface area contributed by atoms with Crippen LogP contribution in [0.3, 0.4) is 0 Å². The lowest BCUT2D eigenvalue weighted by atomic mass is 10.0. The summed E-state index contributed by atoms with van der Waals surface area (Å²) < 4.78 is 5.31. The zero-order valence-electron chi connectivity index (χ0n) is 17.8. The summed E-state index contributed by atoms with van der Waals surface area (Å²) in [7, 11) is 3.30. The lowest BCUT2D eigenvalue weighted by Crippen LogP contribution is -2.49. The number of nitrogens with zero attached hydrogens (tertiary/aromatic N) is 2. The average Bonchev–Trinajstić information content (AvgIpc) is 3.55. The van der Waals surface area contributed by atoms with E-state index in [9.17, 15) is 14.4 Å². The smallest absolute Gasteiger partial charge is 0.253 e. The van der Waals surface area contributed by atoms with E-state index in [0.717, 1.165) is 25.2 Å². The van der Waals surface area contributed by atoms with Crippen molar-refractivity contribution in [3.8, 4) is 0 Å². The first-order valence-corrected chi connectivity index (χ1v) is 10.7. The van der Waals surface area contributed by atoms with Gasteiger partial charge in [0.1, 0.15) is 6.04 Å². The molecule has 2 fully saturated rings. The molecule has 2 aliphatic heterocycles. The second kappa shape index (κ2) is 10.5.